The highest BCUT2D eigenvalue weighted by molar-refractivity contribution is 9.10. The number of anilines is 2. The van der Waals surface area contributed by atoms with E-state index in [0.29, 0.717) is 27.2 Å². The first-order valence-electron chi connectivity index (χ1n) is 8.06. The number of nitrogens with one attached hydrogen (secondary N) is 3. The van der Waals surface area contributed by atoms with Gasteiger partial charge in [-0.2, -0.15) is 0 Å². The highest BCUT2D eigenvalue weighted by Gasteiger charge is 2.53. The van der Waals surface area contributed by atoms with E-state index in [9.17, 15) is 9.59 Å². The number of hydrogen-bond donors (Lipinski definition) is 4. The van der Waals surface area contributed by atoms with E-state index in [1.807, 2.05) is 18.2 Å². The second-order valence-electron chi connectivity index (χ2n) is 6.31. The summed E-state index contributed by atoms with van der Waals surface area (Å²) in [5.74, 6) is -0.867. The van der Waals surface area contributed by atoms with Crippen LogP contribution in [0.15, 0.2) is 34.8 Å². The summed E-state index contributed by atoms with van der Waals surface area (Å²) in [5, 5.41) is 9.07. The second kappa shape index (κ2) is 6.00. The number of carbonyl (C=O) groups excluding carboxylic acids is 2. The first kappa shape index (κ1) is 16.9. The summed E-state index contributed by atoms with van der Waals surface area (Å²) >= 11 is 3.40. The van der Waals surface area contributed by atoms with Crippen LogP contribution in [-0.2, 0) is 28.2 Å². The Balaban J connectivity index is 1.85. The van der Waals surface area contributed by atoms with Gasteiger partial charge in [-0.1, -0.05) is 22.0 Å². The fourth-order valence-corrected chi connectivity index (χ4v) is 3.95. The van der Waals surface area contributed by atoms with Crippen molar-refractivity contribution in [2.24, 2.45) is 5.73 Å². The molecule has 1 atom stereocenters. The summed E-state index contributed by atoms with van der Waals surface area (Å²) in [7, 11) is 1.50. The van der Waals surface area contributed by atoms with Crippen LogP contribution in [-0.4, -0.2) is 18.9 Å². The maximum absolute atomic E-state index is 12.9. The van der Waals surface area contributed by atoms with Crippen molar-refractivity contribution < 1.29 is 14.3 Å². The van der Waals surface area contributed by atoms with Crippen LogP contribution >= 0.6 is 15.9 Å². The van der Waals surface area contributed by atoms with Gasteiger partial charge in [-0.25, -0.2) is 0 Å². The zero-order chi connectivity index (χ0) is 18.5. The summed E-state index contributed by atoms with van der Waals surface area (Å²) in [6, 6.07) is 9.17. The van der Waals surface area contributed by atoms with Gasteiger partial charge in [-0.15, -0.1) is 0 Å². The van der Waals surface area contributed by atoms with Crippen molar-refractivity contribution in [2.75, 3.05) is 17.7 Å². The Kier molecular flexibility index (Phi) is 3.89. The SMILES string of the molecule is COc1cc(Br)cc2c1NC(=O)[C@]2(Nc1ccc2c(c1)CNC2)C(N)=O. The molecule has 2 amide bonds. The Morgan fingerprint density at radius 2 is 2.04 bits per heavy atom. The first-order chi connectivity index (χ1) is 12.5. The number of rotatable bonds is 4. The number of amides is 2. The molecule has 0 aliphatic carbocycles. The van der Waals surface area contributed by atoms with Gasteiger partial charge in [0.05, 0.1) is 12.8 Å². The molecule has 2 heterocycles. The van der Waals surface area contributed by atoms with Crippen LogP contribution in [0.5, 0.6) is 5.75 Å². The molecule has 0 bridgehead atoms. The Morgan fingerprint density at radius 3 is 2.77 bits per heavy atom. The van der Waals surface area contributed by atoms with Crippen molar-refractivity contribution in [1.82, 2.24) is 5.32 Å². The number of halogens is 1. The molecule has 2 aromatic carbocycles. The summed E-state index contributed by atoms with van der Waals surface area (Å²) in [6.45, 7) is 1.56. The third-order valence-corrected chi connectivity index (χ3v) is 5.27. The average Bonchev–Trinajstić information content (AvgIpc) is 3.18. The van der Waals surface area contributed by atoms with Crippen molar-refractivity contribution in [3.63, 3.8) is 0 Å². The lowest BCUT2D eigenvalue weighted by Crippen LogP contribution is -2.52. The van der Waals surface area contributed by atoms with Gasteiger partial charge in [0.25, 0.3) is 11.8 Å². The number of primary amides is 1. The van der Waals surface area contributed by atoms with Crippen molar-refractivity contribution in [3.05, 3.63) is 51.5 Å². The average molecular weight is 417 g/mol. The zero-order valence-corrected chi connectivity index (χ0v) is 15.6. The molecular formula is C18H17BrN4O3. The molecule has 5 N–H and O–H groups in total. The standard InChI is InChI=1S/C18H17BrN4O3/c1-26-14-6-11(19)5-13-15(14)22-17(25)18(13,16(20)24)23-12-3-2-9-7-21-8-10(9)4-12/h2-6,21,23H,7-8H2,1H3,(H2,20,24)(H,22,25)/t18-/m1/s1. The number of methoxy groups -OCH3 is 1. The van der Waals surface area contributed by atoms with E-state index in [2.05, 4.69) is 31.9 Å². The number of ether oxygens (including phenoxy) is 1. The molecule has 26 heavy (non-hydrogen) atoms. The van der Waals surface area contributed by atoms with Crippen LogP contribution in [0.3, 0.4) is 0 Å². The van der Waals surface area contributed by atoms with Crippen molar-refractivity contribution in [3.8, 4) is 5.75 Å². The molecule has 0 fully saturated rings. The molecular weight excluding hydrogens is 400 g/mol. The number of fused-ring (bicyclic) bond motifs is 2. The van der Waals surface area contributed by atoms with Crippen LogP contribution in [0.2, 0.25) is 0 Å². The van der Waals surface area contributed by atoms with E-state index in [1.54, 1.807) is 12.1 Å². The molecule has 0 saturated heterocycles. The monoisotopic (exact) mass is 416 g/mol. The fraction of sp³-hybridized carbons (Fsp3) is 0.222. The van der Waals surface area contributed by atoms with E-state index in [-0.39, 0.29) is 0 Å². The van der Waals surface area contributed by atoms with E-state index in [0.717, 1.165) is 18.7 Å². The maximum Gasteiger partial charge on any atom is 0.264 e. The number of carbonyl (C=O) groups is 2. The minimum atomic E-state index is -1.72. The molecule has 2 aliphatic heterocycles. The van der Waals surface area contributed by atoms with E-state index < -0.39 is 17.4 Å². The third-order valence-electron chi connectivity index (χ3n) is 4.81. The molecule has 0 unspecified atom stereocenters. The predicted molar refractivity (Wildman–Crippen MR) is 101 cm³/mol. The van der Waals surface area contributed by atoms with Gasteiger partial charge < -0.3 is 26.4 Å². The minimum absolute atomic E-state index is 0.430. The Labute approximate surface area is 158 Å². The lowest BCUT2D eigenvalue weighted by atomic mass is 9.89. The van der Waals surface area contributed by atoms with Crippen molar-refractivity contribution in [2.45, 2.75) is 18.6 Å². The van der Waals surface area contributed by atoms with E-state index in [1.165, 1.54) is 12.7 Å². The summed E-state index contributed by atoms with van der Waals surface area (Å²) in [4.78, 5) is 25.3. The second-order valence-corrected chi connectivity index (χ2v) is 7.23. The Morgan fingerprint density at radius 1 is 1.27 bits per heavy atom. The maximum atomic E-state index is 12.9. The largest absolute Gasteiger partial charge is 0.495 e. The smallest absolute Gasteiger partial charge is 0.264 e. The number of nitrogens with two attached hydrogens (primary N) is 1. The predicted octanol–water partition coefficient (Wildman–Crippen LogP) is 1.81. The summed E-state index contributed by atoms with van der Waals surface area (Å²) < 4.78 is 6.01. The molecule has 0 saturated carbocycles. The quantitative estimate of drug-likeness (QED) is 0.568. The molecule has 7 nitrogen and oxygen atoms in total. The minimum Gasteiger partial charge on any atom is -0.495 e. The van der Waals surface area contributed by atoms with Gasteiger partial charge >= 0.3 is 0 Å². The van der Waals surface area contributed by atoms with Gasteiger partial charge in [0.15, 0.2) is 0 Å². The van der Waals surface area contributed by atoms with Crippen molar-refractivity contribution >= 4 is 39.1 Å². The number of benzene rings is 2. The molecule has 8 heteroatoms. The molecule has 4 rings (SSSR count). The van der Waals surface area contributed by atoms with Crippen LogP contribution < -0.4 is 26.4 Å². The van der Waals surface area contributed by atoms with Gasteiger partial charge in [0, 0.05) is 28.8 Å². The molecule has 0 spiro atoms. The van der Waals surface area contributed by atoms with Crippen LogP contribution in [0, 0.1) is 0 Å². The molecule has 2 aliphatic rings. The number of hydrogen-bond acceptors (Lipinski definition) is 5. The fourth-order valence-electron chi connectivity index (χ4n) is 3.52. The lowest BCUT2D eigenvalue weighted by molar-refractivity contribution is -0.131. The van der Waals surface area contributed by atoms with Gasteiger partial charge in [0.2, 0.25) is 5.54 Å². The molecule has 0 radical (unpaired) electrons. The zero-order valence-electron chi connectivity index (χ0n) is 14.0. The van der Waals surface area contributed by atoms with Gasteiger partial charge in [-0.05, 0) is 35.4 Å². The Hall–Kier alpha value is -2.58. The Bertz CT molecular complexity index is 946. The third kappa shape index (κ3) is 2.37. The highest BCUT2D eigenvalue weighted by Crippen LogP contribution is 2.45. The van der Waals surface area contributed by atoms with Crippen molar-refractivity contribution in [1.29, 1.82) is 0 Å². The normalized spacial score (nSPS) is 20.3. The first-order valence-corrected chi connectivity index (χ1v) is 8.85. The highest BCUT2D eigenvalue weighted by atomic mass is 79.9. The summed E-state index contributed by atoms with van der Waals surface area (Å²) in [6.07, 6.45) is 0. The van der Waals surface area contributed by atoms with E-state index >= 15 is 0 Å². The molecule has 134 valence electrons. The van der Waals surface area contributed by atoms with Gasteiger partial charge in [0.1, 0.15) is 5.75 Å². The van der Waals surface area contributed by atoms with Crippen LogP contribution in [0.1, 0.15) is 16.7 Å². The van der Waals surface area contributed by atoms with Crippen LogP contribution in [0.25, 0.3) is 0 Å². The lowest BCUT2D eigenvalue weighted by Gasteiger charge is -2.27. The topological polar surface area (TPSA) is 105 Å². The molecule has 2 aromatic rings. The van der Waals surface area contributed by atoms with E-state index in [4.69, 9.17) is 10.5 Å². The van der Waals surface area contributed by atoms with Gasteiger partial charge in [-0.3, -0.25) is 9.59 Å². The molecule has 0 aromatic heterocycles. The van der Waals surface area contributed by atoms with Crippen LogP contribution in [0.4, 0.5) is 11.4 Å². The summed E-state index contributed by atoms with van der Waals surface area (Å²) in [5.41, 5.74) is 7.83.